The van der Waals surface area contributed by atoms with Crippen LogP contribution in [0.2, 0.25) is 0 Å². The lowest BCUT2D eigenvalue weighted by atomic mass is 10.1. The lowest BCUT2D eigenvalue weighted by molar-refractivity contribution is 0.102. The second-order valence-electron chi connectivity index (χ2n) is 4.35. The fourth-order valence-electron chi connectivity index (χ4n) is 1.88. The molecule has 2 N–H and O–H groups in total. The number of pyridine rings is 1. The summed E-state index contributed by atoms with van der Waals surface area (Å²) in [4.78, 5) is 15.5. The summed E-state index contributed by atoms with van der Waals surface area (Å²) in [6.07, 6.45) is 1.67. The predicted molar refractivity (Wildman–Crippen MR) is 76.2 cm³/mol. The number of nitrogens with one attached hydrogen (secondary N) is 2. The monoisotopic (exact) mass is 282 g/mol. The first-order valence-electron chi connectivity index (χ1n) is 6.26. The average molecular weight is 282 g/mol. The Morgan fingerprint density at radius 2 is 1.90 bits per heavy atom. The summed E-state index contributed by atoms with van der Waals surface area (Å²) in [7, 11) is 0. The molecule has 0 radical (unpaired) electrons. The molecule has 1 aromatic carbocycles. The summed E-state index contributed by atoms with van der Waals surface area (Å²) in [5.41, 5.74) is 2.48. The fraction of sp³-hybridized carbons (Fsp3) is 0. The SMILES string of the molecule is O=C(Nc1ccc(-c2ccn[nH]2)cc1)c1cccc(F)n1. The number of anilines is 1. The molecule has 5 nitrogen and oxygen atoms in total. The Bertz CT molecular complexity index is 754. The van der Waals surface area contributed by atoms with Crippen molar-refractivity contribution in [3.63, 3.8) is 0 Å². The van der Waals surface area contributed by atoms with Crippen molar-refractivity contribution in [2.75, 3.05) is 5.32 Å². The molecule has 0 saturated heterocycles. The number of amides is 1. The van der Waals surface area contributed by atoms with Crippen LogP contribution in [0.25, 0.3) is 11.3 Å². The molecule has 6 heteroatoms. The zero-order chi connectivity index (χ0) is 14.7. The predicted octanol–water partition coefficient (Wildman–Crippen LogP) is 2.86. The molecule has 0 spiro atoms. The van der Waals surface area contributed by atoms with E-state index in [-0.39, 0.29) is 5.69 Å². The zero-order valence-electron chi connectivity index (χ0n) is 10.9. The van der Waals surface area contributed by atoms with Gasteiger partial charge in [0.25, 0.3) is 5.91 Å². The number of aromatic amines is 1. The van der Waals surface area contributed by atoms with Gasteiger partial charge in [-0.1, -0.05) is 18.2 Å². The van der Waals surface area contributed by atoms with Crippen LogP contribution in [0.4, 0.5) is 10.1 Å². The molecule has 104 valence electrons. The molecule has 3 rings (SSSR count). The summed E-state index contributed by atoms with van der Waals surface area (Å²) < 4.78 is 13.0. The first-order valence-corrected chi connectivity index (χ1v) is 6.26. The number of halogens is 1. The van der Waals surface area contributed by atoms with E-state index in [2.05, 4.69) is 20.5 Å². The molecular weight excluding hydrogens is 271 g/mol. The minimum absolute atomic E-state index is 0.0349. The van der Waals surface area contributed by atoms with Crippen molar-refractivity contribution in [2.45, 2.75) is 0 Å². The van der Waals surface area contributed by atoms with Crippen molar-refractivity contribution >= 4 is 11.6 Å². The molecule has 0 bridgehead atoms. The van der Waals surface area contributed by atoms with Crippen LogP contribution in [0.3, 0.4) is 0 Å². The Morgan fingerprint density at radius 3 is 2.57 bits per heavy atom. The summed E-state index contributed by atoms with van der Waals surface area (Å²) in [6, 6.07) is 13.2. The van der Waals surface area contributed by atoms with Crippen molar-refractivity contribution < 1.29 is 9.18 Å². The van der Waals surface area contributed by atoms with Crippen LogP contribution < -0.4 is 5.32 Å². The van der Waals surface area contributed by atoms with Gasteiger partial charge in [0.15, 0.2) is 0 Å². The van der Waals surface area contributed by atoms with Crippen molar-refractivity contribution in [2.24, 2.45) is 0 Å². The molecule has 0 aliphatic rings. The number of hydrogen-bond acceptors (Lipinski definition) is 3. The van der Waals surface area contributed by atoms with Crippen molar-refractivity contribution in [1.82, 2.24) is 15.2 Å². The van der Waals surface area contributed by atoms with E-state index in [1.165, 1.54) is 18.2 Å². The number of benzene rings is 1. The van der Waals surface area contributed by atoms with Crippen LogP contribution >= 0.6 is 0 Å². The van der Waals surface area contributed by atoms with Crippen molar-refractivity contribution in [1.29, 1.82) is 0 Å². The van der Waals surface area contributed by atoms with Crippen LogP contribution in [-0.2, 0) is 0 Å². The van der Waals surface area contributed by atoms with Crippen LogP contribution in [0, 0.1) is 5.95 Å². The second-order valence-corrected chi connectivity index (χ2v) is 4.35. The third-order valence-electron chi connectivity index (χ3n) is 2.90. The molecule has 21 heavy (non-hydrogen) atoms. The average Bonchev–Trinajstić information content (AvgIpc) is 3.02. The largest absolute Gasteiger partial charge is 0.321 e. The van der Waals surface area contributed by atoms with Gasteiger partial charge in [-0.3, -0.25) is 9.89 Å². The molecule has 1 amide bonds. The van der Waals surface area contributed by atoms with Gasteiger partial charge in [0, 0.05) is 11.9 Å². The minimum atomic E-state index is -0.683. The summed E-state index contributed by atoms with van der Waals surface area (Å²) in [6.45, 7) is 0. The van der Waals surface area contributed by atoms with E-state index < -0.39 is 11.9 Å². The van der Waals surface area contributed by atoms with Gasteiger partial charge in [0.2, 0.25) is 5.95 Å². The first kappa shape index (κ1) is 13.0. The molecule has 3 aromatic rings. The molecule has 0 aliphatic carbocycles. The maximum Gasteiger partial charge on any atom is 0.274 e. The van der Waals surface area contributed by atoms with Gasteiger partial charge >= 0.3 is 0 Å². The van der Waals surface area contributed by atoms with Crippen LogP contribution in [0.15, 0.2) is 54.7 Å². The van der Waals surface area contributed by atoms with E-state index >= 15 is 0 Å². The number of hydrogen-bond donors (Lipinski definition) is 2. The van der Waals surface area contributed by atoms with E-state index in [9.17, 15) is 9.18 Å². The van der Waals surface area contributed by atoms with Gasteiger partial charge < -0.3 is 5.32 Å². The van der Waals surface area contributed by atoms with E-state index in [0.29, 0.717) is 5.69 Å². The second kappa shape index (κ2) is 5.54. The Balaban J connectivity index is 1.75. The molecular formula is C15H11FN4O. The Morgan fingerprint density at radius 1 is 1.10 bits per heavy atom. The number of carbonyl (C=O) groups excluding carboxylic acids is 1. The lowest BCUT2D eigenvalue weighted by Gasteiger charge is -2.05. The fourth-order valence-corrected chi connectivity index (χ4v) is 1.88. The van der Waals surface area contributed by atoms with Gasteiger partial charge in [-0.15, -0.1) is 0 Å². The lowest BCUT2D eigenvalue weighted by Crippen LogP contribution is -2.14. The number of nitrogens with zero attached hydrogens (tertiary/aromatic N) is 2. The van der Waals surface area contributed by atoms with Gasteiger partial charge in [-0.2, -0.15) is 9.49 Å². The van der Waals surface area contributed by atoms with Crippen LogP contribution in [0.5, 0.6) is 0 Å². The summed E-state index contributed by atoms with van der Waals surface area (Å²) in [5.74, 6) is -1.14. The maximum atomic E-state index is 13.0. The van der Waals surface area contributed by atoms with Crippen molar-refractivity contribution in [3.8, 4) is 11.3 Å². The van der Waals surface area contributed by atoms with Gasteiger partial charge in [0.05, 0.1) is 5.69 Å². The molecule has 0 aliphatic heterocycles. The highest BCUT2D eigenvalue weighted by Crippen LogP contribution is 2.19. The number of aromatic nitrogens is 3. The normalized spacial score (nSPS) is 10.3. The zero-order valence-corrected chi connectivity index (χ0v) is 10.9. The Labute approximate surface area is 119 Å². The van der Waals surface area contributed by atoms with E-state index in [0.717, 1.165) is 11.3 Å². The molecule has 0 atom stereocenters. The molecule has 0 fully saturated rings. The summed E-state index contributed by atoms with van der Waals surface area (Å²) >= 11 is 0. The third-order valence-corrected chi connectivity index (χ3v) is 2.90. The van der Waals surface area contributed by atoms with Gasteiger partial charge in [-0.05, 0) is 35.9 Å². The number of rotatable bonds is 3. The topological polar surface area (TPSA) is 70.7 Å². The van der Waals surface area contributed by atoms with Crippen molar-refractivity contribution in [3.05, 3.63) is 66.4 Å². The maximum absolute atomic E-state index is 13.0. The molecule has 2 aromatic heterocycles. The number of H-pyrrole nitrogens is 1. The highest BCUT2D eigenvalue weighted by atomic mass is 19.1. The van der Waals surface area contributed by atoms with Gasteiger partial charge in [0.1, 0.15) is 5.69 Å². The number of carbonyl (C=O) groups is 1. The van der Waals surface area contributed by atoms with Gasteiger partial charge in [-0.25, -0.2) is 4.98 Å². The highest BCUT2D eigenvalue weighted by molar-refractivity contribution is 6.02. The standard InChI is InChI=1S/C15H11FN4O/c16-14-3-1-2-13(19-14)15(21)18-11-6-4-10(5-7-11)12-8-9-17-20-12/h1-9H,(H,17,20)(H,18,21). The first-order chi connectivity index (χ1) is 10.2. The molecule has 2 heterocycles. The Kier molecular flexibility index (Phi) is 3.42. The van der Waals surface area contributed by atoms with Crippen LogP contribution in [0.1, 0.15) is 10.5 Å². The quantitative estimate of drug-likeness (QED) is 0.726. The highest BCUT2D eigenvalue weighted by Gasteiger charge is 2.08. The third kappa shape index (κ3) is 2.94. The van der Waals surface area contributed by atoms with E-state index in [1.54, 1.807) is 18.3 Å². The molecule has 0 unspecified atom stereocenters. The summed E-state index contributed by atoms with van der Waals surface area (Å²) in [5, 5.41) is 9.40. The van der Waals surface area contributed by atoms with Crippen LogP contribution in [-0.4, -0.2) is 21.1 Å². The smallest absolute Gasteiger partial charge is 0.274 e. The van der Waals surface area contributed by atoms with E-state index in [1.807, 2.05) is 18.2 Å². The minimum Gasteiger partial charge on any atom is -0.321 e. The molecule has 0 saturated carbocycles. The van der Waals surface area contributed by atoms with E-state index in [4.69, 9.17) is 0 Å². The Hall–Kier alpha value is -3.02.